The fourth-order valence-electron chi connectivity index (χ4n) is 2.90. The second-order valence-corrected chi connectivity index (χ2v) is 6.28. The summed E-state index contributed by atoms with van der Waals surface area (Å²) < 4.78 is 15.6. The van der Waals surface area contributed by atoms with Gasteiger partial charge in [0.1, 0.15) is 23.8 Å². The minimum absolute atomic E-state index is 0.0157. The third kappa shape index (κ3) is 4.44. The van der Waals surface area contributed by atoms with Crippen molar-refractivity contribution in [1.82, 2.24) is 4.90 Å². The van der Waals surface area contributed by atoms with E-state index in [1.165, 1.54) is 24.1 Å². The van der Waals surface area contributed by atoms with E-state index in [1.54, 1.807) is 24.3 Å². The number of esters is 1. The Labute approximate surface area is 171 Å². The first-order valence-electron chi connectivity index (χ1n) is 8.97. The van der Waals surface area contributed by atoms with Crippen LogP contribution in [0.5, 0.6) is 5.75 Å². The molecule has 0 unspecified atom stereocenters. The Morgan fingerprint density at radius 3 is 2.67 bits per heavy atom. The number of nitrogens with zero attached hydrogens (tertiary/aromatic N) is 1. The molecule has 3 N–H and O–H groups in total. The van der Waals surface area contributed by atoms with Gasteiger partial charge < -0.3 is 34.3 Å². The highest BCUT2D eigenvalue weighted by Gasteiger charge is 2.34. The Hall–Kier alpha value is -3.79. The van der Waals surface area contributed by atoms with Crippen LogP contribution in [0.2, 0.25) is 0 Å². The molecule has 0 radical (unpaired) electrons. The van der Waals surface area contributed by atoms with Crippen molar-refractivity contribution in [2.24, 2.45) is 0 Å². The molecule has 1 aromatic heterocycles. The third-order valence-electron chi connectivity index (χ3n) is 4.34. The Morgan fingerprint density at radius 1 is 1.23 bits per heavy atom. The monoisotopic (exact) mass is 416 g/mol. The van der Waals surface area contributed by atoms with Gasteiger partial charge in [0, 0.05) is 6.54 Å². The minimum atomic E-state index is -1.18. The Balaban J connectivity index is 1.81. The molecule has 2 aromatic rings. The van der Waals surface area contributed by atoms with Crippen LogP contribution in [0.4, 0.5) is 5.69 Å². The number of carbonyl (C=O) groups excluding carboxylic acids is 2. The smallest absolute Gasteiger partial charge is 0.371 e. The number of benzene rings is 1. The summed E-state index contributed by atoms with van der Waals surface area (Å²) in [6.07, 6.45) is 0. The molecule has 0 fully saturated rings. The molecule has 1 aliphatic heterocycles. The molecule has 0 bridgehead atoms. The van der Waals surface area contributed by atoms with E-state index < -0.39 is 17.8 Å². The van der Waals surface area contributed by atoms with Gasteiger partial charge in [0.2, 0.25) is 5.76 Å². The van der Waals surface area contributed by atoms with Crippen LogP contribution in [0.3, 0.4) is 0 Å². The molecule has 0 saturated heterocycles. The SMILES string of the molecule is COC(=O)C1=C(Nc2ccccc2OCc2ccc(C(=O)O)o2)C(=O)N(CCO)C1. The summed E-state index contributed by atoms with van der Waals surface area (Å²) in [5.41, 5.74) is 0.596. The van der Waals surface area contributed by atoms with Crippen molar-refractivity contribution >= 4 is 23.5 Å². The van der Waals surface area contributed by atoms with E-state index >= 15 is 0 Å². The standard InChI is InChI=1S/C20H20N2O8/c1-28-20(27)13-10-22(8-9-23)18(24)17(13)21-14-4-2-3-5-15(14)29-11-12-6-7-16(30-12)19(25)26/h2-7,21,23H,8-11H2,1H3,(H,25,26). The van der Waals surface area contributed by atoms with Gasteiger partial charge in [0.15, 0.2) is 0 Å². The van der Waals surface area contributed by atoms with Crippen LogP contribution in [0.1, 0.15) is 16.3 Å². The fourth-order valence-corrected chi connectivity index (χ4v) is 2.90. The summed E-state index contributed by atoms with van der Waals surface area (Å²) in [6, 6.07) is 9.55. The third-order valence-corrected chi connectivity index (χ3v) is 4.34. The molecule has 2 heterocycles. The van der Waals surface area contributed by atoms with E-state index in [9.17, 15) is 14.4 Å². The molecule has 0 atom stereocenters. The number of aliphatic hydroxyl groups excluding tert-OH is 1. The van der Waals surface area contributed by atoms with Crippen molar-refractivity contribution in [3.05, 3.63) is 59.2 Å². The lowest BCUT2D eigenvalue weighted by Gasteiger charge is -2.16. The van der Waals surface area contributed by atoms with E-state index in [4.69, 9.17) is 24.1 Å². The number of para-hydroxylation sites is 2. The summed E-state index contributed by atoms with van der Waals surface area (Å²) in [5, 5.41) is 21.0. The van der Waals surface area contributed by atoms with Gasteiger partial charge >= 0.3 is 11.9 Å². The average molecular weight is 416 g/mol. The lowest BCUT2D eigenvalue weighted by Crippen LogP contribution is -2.31. The summed E-state index contributed by atoms with van der Waals surface area (Å²) in [4.78, 5) is 37.0. The maximum Gasteiger partial charge on any atom is 0.371 e. The molecule has 1 amide bonds. The van der Waals surface area contributed by atoms with Gasteiger partial charge in [0.05, 0.1) is 31.5 Å². The molecular formula is C20H20N2O8. The zero-order chi connectivity index (χ0) is 21.7. The number of ether oxygens (including phenoxy) is 2. The van der Waals surface area contributed by atoms with E-state index in [1.807, 2.05) is 0 Å². The molecule has 10 heteroatoms. The maximum atomic E-state index is 12.7. The van der Waals surface area contributed by atoms with Crippen LogP contribution in [0.25, 0.3) is 0 Å². The van der Waals surface area contributed by atoms with Crippen molar-refractivity contribution in [2.75, 3.05) is 32.1 Å². The first-order valence-corrected chi connectivity index (χ1v) is 8.97. The molecule has 158 valence electrons. The van der Waals surface area contributed by atoms with Crippen molar-refractivity contribution in [3.63, 3.8) is 0 Å². The van der Waals surface area contributed by atoms with E-state index in [-0.39, 0.29) is 43.3 Å². The van der Waals surface area contributed by atoms with Gasteiger partial charge in [-0.2, -0.15) is 0 Å². The largest absolute Gasteiger partial charge is 0.483 e. The van der Waals surface area contributed by atoms with Gasteiger partial charge in [-0.15, -0.1) is 0 Å². The van der Waals surface area contributed by atoms with E-state index in [0.717, 1.165) is 0 Å². The maximum absolute atomic E-state index is 12.7. The molecule has 0 aliphatic carbocycles. The Kier molecular flexibility index (Phi) is 6.38. The predicted molar refractivity (Wildman–Crippen MR) is 103 cm³/mol. The summed E-state index contributed by atoms with van der Waals surface area (Å²) in [7, 11) is 1.22. The quantitative estimate of drug-likeness (QED) is 0.515. The number of carbonyl (C=O) groups is 3. The summed E-state index contributed by atoms with van der Waals surface area (Å²) in [6.45, 7) is -0.192. The molecule has 0 saturated carbocycles. The van der Waals surface area contributed by atoms with Crippen LogP contribution in [-0.2, 0) is 20.9 Å². The lowest BCUT2D eigenvalue weighted by molar-refractivity contribution is -0.136. The number of furan rings is 1. The zero-order valence-electron chi connectivity index (χ0n) is 16.1. The summed E-state index contributed by atoms with van der Waals surface area (Å²) in [5.74, 6) is -1.82. The number of aromatic carboxylic acids is 1. The van der Waals surface area contributed by atoms with Crippen LogP contribution >= 0.6 is 0 Å². The first-order chi connectivity index (χ1) is 14.4. The van der Waals surface area contributed by atoms with Gasteiger partial charge in [-0.1, -0.05) is 12.1 Å². The second kappa shape index (κ2) is 9.14. The summed E-state index contributed by atoms with van der Waals surface area (Å²) >= 11 is 0. The number of hydrogen-bond acceptors (Lipinski definition) is 8. The number of carboxylic acid groups (broad SMARTS) is 1. The van der Waals surface area contributed by atoms with Crippen molar-refractivity contribution in [1.29, 1.82) is 0 Å². The normalized spacial score (nSPS) is 13.5. The topological polar surface area (TPSA) is 139 Å². The number of aliphatic hydroxyl groups is 1. The van der Waals surface area contributed by atoms with Crippen LogP contribution in [0, 0.1) is 0 Å². The Bertz CT molecular complexity index is 994. The van der Waals surface area contributed by atoms with Crippen LogP contribution in [-0.4, -0.2) is 59.8 Å². The van der Waals surface area contributed by atoms with Crippen LogP contribution in [0.15, 0.2) is 52.1 Å². The molecule has 0 spiro atoms. The number of anilines is 1. The zero-order valence-corrected chi connectivity index (χ0v) is 16.1. The molecule has 1 aromatic carbocycles. The number of carboxylic acids is 1. The lowest BCUT2D eigenvalue weighted by atomic mass is 10.2. The Morgan fingerprint density at radius 2 is 2.00 bits per heavy atom. The first kappa shape index (κ1) is 20.9. The van der Waals surface area contributed by atoms with Gasteiger partial charge in [0.25, 0.3) is 5.91 Å². The van der Waals surface area contributed by atoms with Crippen molar-refractivity contribution in [2.45, 2.75) is 6.61 Å². The number of rotatable bonds is 9. The molecule has 1 aliphatic rings. The van der Waals surface area contributed by atoms with E-state index in [2.05, 4.69) is 5.32 Å². The molecule has 10 nitrogen and oxygen atoms in total. The minimum Gasteiger partial charge on any atom is -0.483 e. The second-order valence-electron chi connectivity index (χ2n) is 6.28. The number of hydrogen-bond donors (Lipinski definition) is 3. The number of amides is 1. The highest BCUT2D eigenvalue weighted by molar-refractivity contribution is 6.08. The van der Waals surface area contributed by atoms with Gasteiger partial charge in [-0.3, -0.25) is 4.79 Å². The highest BCUT2D eigenvalue weighted by atomic mass is 16.5. The van der Waals surface area contributed by atoms with Crippen LogP contribution < -0.4 is 10.1 Å². The molecular weight excluding hydrogens is 396 g/mol. The van der Waals surface area contributed by atoms with Crippen molar-refractivity contribution in [3.8, 4) is 5.75 Å². The number of nitrogens with one attached hydrogen (secondary N) is 1. The molecule has 30 heavy (non-hydrogen) atoms. The predicted octanol–water partition coefficient (Wildman–Crippen LogP) is 1.23. The molecule has 3 rings (SSSR count). The van der Waals surface area contributed by atoms with Gasteiger partial charge in [-0.25, -0.2) is 9.59 Å². The number of methoxy groups -OCH3 is 1. The fraction of sp³-hybridized carbons (Fsp3) is 0.250. The highest BCUT2D eigenvalue weighted by Crippen LogP contribution is 2.29. The van der Waals surface area contributed by atoms with Crippen molar-refractivity contribution < 1.29 is 38.5 Å². The average Bonchev–Trinajstić information content (AvgIpc) is 3.33. The van der Waals surface area contributed by atoms with E-state index in [0.29, 0.717) is 17.2 Å². The number of β-amino-alcohol motifs (C(OH)–C–C–N with tert-alkyl or cyclic N) is 1. The van der Waals surface area contributed by atoms with Gasteiger partial charge in [-0.05, 0) is 24.3 Å².